The van der Waals surface area contributed by atoms with Crippen molar-refractivity contribution < 1.29 is 8.42 Å². The molecule has 0 aromatic heterocycles. The minimum Gasteiger partial charge on any atom is -0.200 e. The molecule has 0 aliphatic carbocycles. The molecule has 2 rings (SSSR count). The second-order valence-electron chi connectivity index (χ2n) is 6.44. The molecule has 1 aliphatic rings. The lowest BCUT2D eigenvalue weighted by Crippen LogP contribution is -2.30. The molecular weight excluding hydrogens is 272 g/mol. The van der Waals surface area contributed by atoms with Crippen LogP contribution >= 0.6 is 0 Å². The largest absolute Gasteiger partial charge is 0.279 e. The Morgan fingerprint density at radius 1 is 1.20 bits per heavy atom. The first-order valence-electron chi connectivity index (χ1n) is 6.81. The number of aryl methyl sites for hydroxylation is 1. The van der Waals surface area contributed by atoms with Crippen LogP contribution < -0.4 is 0 Å². The number of sulfonamides is 1. The molecule has 0 saturated carbocycles. The molecule has 0 radical (unpaired) electrons. The molecule has 1 aromatic carbocycles. The van der Waals surface area contributed by atoms with Crippen LogP contribution in [0.2, 0.25) is 0 Å². The molecule has 4 nitrogen and oxygen atoms in total. The van der Waals surface area contributed by atoms with Crippen molar-refractivity contribution in [2.75, 3.05) is 0 Å². The second kappa shape index (κ2) is 4.88. The van der Waals surface area contributed by atoms with E-state index in [1.807, 2.05) is 26.0 Å². The zero-order valence-corrected chi connectivity index (χ0v) is 13.5. The summed E-state index contributed by atoms with van der Waals surface area (Å²) in [6.07, 6.45) is 0.689. The number of benzene rings is 1. The molecule has 1 aliphatic heterocycles. The Morgan fingerprint density at radius 2 is 1.75 bits per heavy atom. The third-order valence-electron chi connectivity index (χ3n) is 3.52. The summed E-state index contributed by atoms with van der Waals surface area (Å²) < 4.78 is 26.6. The highest BCUT2D eigenvalue weighted by Crippen LogP contribution is 2.31. The third kappa shape index (κ3) is 2.73. The molecule has 0 spiro atoms. The van der Waals surface area contributed by atoms with Crippen molar-refractivity contribution in [2.24, 2.45) is 10.5 Å². The third-order valence-corrected chi connectivity index (χ3v) is 5.32. The number of nitrogens with zero attached hydrogens (tertiary/aromatic N) is 2. The lowest BCUT2D eigenvalue weighted by Gasteiger charge is -2.19. The van der Waals surface area contributed by atoms with E-state index in [9.17, 15) is 8.42 Å². The van der Waals surface area contributed by atoms with Gasteiger partial charge in [0.05, 0.1) is 10.9 Å². The van der Waals surface area contributed by atoms with Crippen LogP contribution in [0.4, 0.5) is 0 Å². The smallest absolute Gasteiger partial charge is 0.200 e. The average Bonchev–Trinajstić information content (AvgIpc) is 2.72. The normalized spacial score (nSPS) is 20.1. The van der Waals surface area contributed by atoms with E-state index in [-0.39, 0.29) is 11.5 Å². The van der Waals surface area contributed by atoms with E-state index in [4.69, 9.17) is 0 Å². The van der Waals surface area contributed by atoms with E-state index in [1.165, 1.54) is 4.41 Å². The summed E-state index contributed by atoms with van der Waals surface area (Å²) in [6.45, 7) is 10.0. The van der Waals surface area contributed by atoms with Crippen LogP contribution in [0.15, 0.2) is 34.3 Å². The lowest BCUT2D eigenvalue weighted by molar-refractivity contribution is 0.384. The quantitative estimate of drug-likeness (QED) is 0.841. The Bertz CT molecular complexity index is 625. The standard InChI is InChI=1S/C15H22N2O2S/c1-11-6-8-13(9-7-11)20(18,19)17-12(2)10-14(16-17)15(3,4)5/h6-9,12H,10H2,1-5H3. The highest BCUT2D eigenvalue weighted by molar-refractivity contribution is 7.89. The molecule has 0 fully saturated rings. The summed E-state index contributed by atoms with van der Waals surface area (Å²) in [5.41, 5.74) is 1.87. The van der Waals surface area contributed by atoms with Gasteiger partial charge in [-0.25, -0.2) is 0 Å². The molecule has 5 heteroatoms. The van der Waals surface area contributed by atoms with E-state index in [0.29, 0.717) is 11.3 Å². The van der Waals surface area contributed by atoms with Crippen molar-refractivity contribution in [2.45, 2.75) is 52.0 Å². The Kier molecular flexibility index (Phi) is 3.67. The second-order valence-corrected chi connectivity index (χ2v) is 8.24. The van der Waals surface area contributed by atoms with Crippen molar-refractivity contribution in [1.82, 2.24) is 4.41 Å². The molecule has 1 atom stereocenters. The van der Waals surface area contributed by atoms with Gasteiger partial charge >= 0.3 is 0 Å². The van der Waals surface area contributed by atoms with Crippen LogP contribution in [-0.4, -0.2) is 24.6 Å². The Morgan fingerprint density at radius 3 is 2.20 bits per heavy atom. The van der Waals surface area contributed by atoms with Crippen LogP contribution in [0, 0.1) is 12.3 Å². The number of hydrogen-bond donors (Lipinski definition) is 0. The minimum absolute atomic E-state index is 0.105. The highest BCUT2D eigenvalue weighted by atomic mass is 32.2. The molecule has 0 saturated heterocycles. The summed E-state index contributed by atoms with van der Waals surface area (Å²) in [6, 6.07) is 6.77. The van der Waals surface area contributed by atoms with Crippen LogP contribution in [0.25, 0.3) is 0 Å². The minimum atomic E-state index is -3.55. The summed E-state index contributed by atoms with van der Waals surface area (Å²) >= 11 is 0. The molecule has 110 valence electrons. The SMILES string of the molecule is Cc1ccc(S(=O)(=O)N2N=C(C(C)(C)C)CC2C)cc1. The molecule has 0 bridgehead atoms. The maximum Gasteiger partial charge on any atom is 0.279 e. The van der Waals surface area contributed by atoms with Crippen molar-refractivity contribution >= 4 is 15.7 Å². The first-order valence-corrected chi connectivity index (χ1v) is 8.25. The predicted molar refractivity (Wildman–Crippen MR) is 81.2 cm³/mol. The molecule has 0 N–H and O–H groups in total. The molecule has 20 heavy (non-hydrogen) atoms. The van der Waals surface area contributed by atoms with Crippen LogP contribution in [-0.2, 0) is 10.0 Å². The van der Waals surface area contributed by atoms with Gasteiger partial charge in [-0.15, -0.1) is 0 Å². The fraction of sp³-hybridized carbons (Fsp3) is 0.533. The average molecular weight is 294 g/mol. The maximum absolute atomic E-state index is 12.6. The van der Waals surface area contributed by atoms with Gasteiger partial charge < -0.3 is 0 Å². The van der Waals surface area contributed by atoms with Gasteiger partial charge in [-0.05, 0) is 26.0 Å². The van der Waals surface area contributed by atoms with Crippen LogP contribution in [0.5, 0.6) is 0 Å². The van der Waals surface area contributed by atoms with Crippen molar-refractivity contribution in [1.29, 1.82) is 0 Å². The van der Waals surface area contributed by atoms with E-state index in [1.54, 1.807) is 12.1 Å². The van der Waals surface area contributed by atoms with Crippen LogP contribution in [0.3, 0.4) is 0 Å². The summed E-state index contributed by atoms with van der Waals surface area (Å²) in [5, 5.41) is 4.37. The van der Waals surface area contributed by atoms with Gasteiger partial charge in [-0.3, -0.25) is 0 Å². The number of rotatable bonds is 2. The predicted octanol–water partition coefficient (Wildman–Crippen LogP) is 3.18. The Balaban J connectivity index is 2.40. The first-order chi connectivity index (χ1) is 9.12. The molecule has 1 heterocycles. The first kappa shape index (κ1) is 15.0. The highest BCUT2D eigenvalue weighted by Gasteiger charge is 2.36. The monoisotopic (exact) mass is 294 g/mol. The Labute approximate surface area is 121 Å². The Hall–Kier alpha value is -1.36. The topological polar surface area (TPSA) is 49.7 Å². The molecule has 1 aromatic rings. The molecule has 1 unspecified atom stereocenters. The van der Waals surface area contributed by atoms with Gasteiger partial charge in [0.25, 0.3) is 10.0 Å². The van der Waals surface area contributed by atoms with Crippen LogP contribution in [0.1, 0.15) is 39.7 Å². The van der Waals surface area contributed by atoms with E-state index < -0.39 is 10.0 Å². The molecule has 0 amide bonds. The van der Waals surface area contributed by atoms with Crippen molar-refractivity contribution in [3.05, 3.63) is 29.8 Å². The van der Waals surface area contributed by atoms with Gasteiger partial charge in [0.15, 0.2) is 0 Å². The summed E-state index contributed by atoms with van der Waals surface area (Å²) in [5.74, 6) is 0. The lowest BCUT2D eigenvalue weighted by atomic mass is 9.87. The van der Waals surface area contributed by atoms with E-state index in [0.717, 1.165) is 11.3 Å². The maximum atomic E-state index is 12.6. The van der Waals surface area contributed by atoms with E-state index in [2.05, 4.69) is 25.9 Å². The van der Waals surface area contributed by atoms with Gasteiger partial charge in [0.2, 0.25) is 0 Å². The van der Waals surface area contributed by atoms with Gasteiger partial charge in [-0.1, -0.05) is 38.5 Å². The zero-order valence-electron chi connectivity index (χ0n) is 12.7. The van der Waals surface area contributed by atoms with E-state index >= 15 is 0 Å². The van der Waals surface area contributed by atoms with Gasteiger partial charge in [-0.2, -0.15) is 17.9 Å². The van der Waals surface area contributed by atoms with Gasteiger partial charge in [0.1, 0.15) is 0 Å². The van der Waals surface area contributed by atoms with Crippen molar-refractivity contribution in [3.63, 3.8) is 0 Å². The summed E-state index contributed by atoms with van der Waals surface area (Å²) in [7, 11) is -3.55. The fourth-order valence-corrected chi connectivity index (χ4v) is 3.63. The number of hydrogen-bond acceptors (Lipinski definition) is 3. The fourth-order valence-electron chi connectivity index (χ4n) is 2.18. The van der Waals surface area contributed by atoms with Gasteiger partial charge in [0, 0.05) is 17.5 Å². The summed E-state index contributed by atoms with van der Waals surface area (Å²) in [4.78, 5) is 0.300. The van der Waals surface area contributed by atoms with Crippen molar-refractivity contribution in [3.8, 4) is 0 Å². The zero-order chi connectivity index (χ0) is 15.1. The molecular formula is C15H22N2O2S. The number of hydrazone groups is 1.